The summed E-state index contributed by atoms with van der Waals surface area (Å²) in [4.78, 5) is 16.3. The minimum atomic E-state index is -0.870. The van der Waals surface area contributed by atoms with Gasteiger partial charge in [0.15, 0.2) is 5.89 Å². The fourth-order valence-electron chi connectivity index (χ4n) is 2.06. The summed E-state index contributed by atoms with van der Waals surface area (Å²) in [6, 6.07) is 9.32. The second-order valence-corrected chi connectivity index (χ2v) is 4.96. The van der Waals surface area contributed by atoms with Crippen molar-refractivity contribution >= 4 is 5.91 Å². The highest BCUT2D eigenvalue weighted by molar-refractivity contribution is 5.93. The third-order valence-electron chi connectivity index (χ3n) is 3.23. The lowest BCUT2D eigenvalue weighted by Crippen LogP contribution is -2.46. The second kappa shape index (κ2) is 5.46. The summed E-state index contributed by atoms with van der Waals surface area (Å²) >= 11 is 0. The van der Waals surface area contributed by atoms with Crippen molar-refractivity contribution in [2.75, 3.05) is 6.61 Å². The highest BCUT2D eigenvalue weighted by Crippen LogP contribution is 2.21. The van der Waals surface area contributed by atoms with Crippen LogP contribution in [0, 0.1) is 13.8 Å². The van der Waals surface area contributed by atoms with E-state index in [1.165, 1.54) is 0 Å². The van der Waals surface area contributed by atoms with Crippen LogP contribution in [-0.2, 0) is 5.54 Å². The molecule has 0 bridgehead atoms. The van der Waals surface area contributed by atoms with E-state index in [9.17, 15) is 9.90 Å². The summed E-state index contributed by atoms with van der Waals surface area (Å²) in [6.45, 7) is 4.95. The molecule has 2 aromatic rings. The summed E-state index contributed by atoms with van der Waals surface area (Å²) in [5, 5.41) is 12.5. The molecular formula is C15H18N2O3. The van der Waals surface area contributed by atoms with Crippen molar-refractivity contribution in [1.29, 1.82) is 0 Å². The molecule has 106 valence electrons. The van der Waals surface area contributed by atoms with E-state index < -0.39 is 5.54 Å². The number of benzene rings is 1. The first kappa shape index (κ1) is 14.3. The Bertz CT molecular complexity index is 607. The highest BCUT2D eigenvalue weighted by Gasteiger charge is 2.30. The summed E-state index contributed by atoms with van der Waals surface area (Å²) < 4.78 is 5.30. The van der Waals surface area contributed by atoms with Gasteiger partial charge in [0.05, 0.1) is 17.8 Å². The Morgan fingerprint density at radius 3 is 2.50 bits per heavy atom. The first-order chi connectivity index (χ1) is 9.46. The molecule has 5 heteroatoms. The maximum Gasteiger partial charge on any atom is 0.289 e. The first-order valence-electron chi connectivity index (χ1n) is 6.39. The number of rotatable bonds is 4. The Morgan fingerprint density at radius 1 is 1.35 bits per heavy atom. The highest BCUT2D eigenvalue weighted by atomic mass is 16.4. The Kier molecular flexibility index (Phi) is 3.90. The Morgan fingerprint density at radius 2 is 2.00 bits per heavy atom. The molecule has 1 unspecified atom stereocenters. The van der Waals surface area contributed by atoms with Crippen molar-refractivity contribution in [3.63, 3.8) is 0 Å². The number of aryl methyl sites for hydroxylation is 2. The van der Waals surface area contributed by atoms with Gasteiger partial charge in [-0.15, -0.1) is 0 Å². The molecule has 1 heterocycles. The number of nitrogens with zero attached hydrogens (tertiary/aromatic N) is 1. The molecule has 1 aromatic carbocycles. The maximum atomic E-state index is 12.3. The fraction of sp³-hybridized carbons (Fsp3) is 0.333. The zero-order valence-corrected chi connectivity index (χ0v) is 11.8. The predicted molar refractivity (Wildman–Crippen MR) is 74.3 cm³/mol. The molecule has 20 heavy (non-hydrogen) atoms. The summed E-state index contributed by atoms with van der Waals surface area (Å²) in [5.41, 5.74) is 0.490. The van der Waals surface area contributed by atoms with Crippen molar-refractivity contribution in [3.8, 4) is 0 Å². The molecule has 1 amide bonds. The standard InChI is InChI=1S/C15H18N2O3/c1-10-13(20-11(2)16-10)14(19)17-15(3,9-18)12-7-5-4-6-8-12/h4-8,18H,9H2,1-3H3,(H,17,19). The van der Waals surface area contributed by atoms with Gasteiger partial charge in [-0.3, -0.25) is 4.79 Å². The lowest BCUT2D eigenvalue weighted by Gasteiger charge is -2.28. The van der Waals surface area contributed by atoms with E-state index >= 15 is 0 Å². The van der Waals surface area contributed by atoms with Crippen LogP contribution < -0.4 is 5.32 Å². The van der Waals surface area contributed by atoms with E-state index in [1.54, 1.807) is 20.8 Å². The van der Waals surface area contributed by atoms with Crippen LogP contribution in [0.1, 0.15) is 34.6 Å². The molecule has 0 aliphatic rings. The number of carbonyl (C=O) groups excluding carboxylic acids is 1. The van der Waals surface area contributed by atoms with E-state index in [-0.39, 0.29) is 18.3 Å². The van der Waals surface area contributed by atoms with Gasteiger partial charge in [-0.05, 0) is 19.4 Å². The third kappa shape index (κ3) is 2.72. The van der Waals surface area contributed by atoms with Crippen LogP contribution in [0.25, 0.3) is 0 Å². The monoisotopic (exact) mass is 274 g/mol. The number of carbonyl (C=O) groups is 1. The van der Waals surface area contributed by atoms with Gasteiger partial charge in [-0.25, -0.2) is 4.98 Å². The number of aromatic nitrogens is 1. The van der Waals surface area contributed by atoms with E-state index in [1.807, 2.05) is 30.3 Å². The van der Waals surface area contributed by atoms with E-state index in [4.69, 9.17) is 4.42 Å². The predicted octanol–water partition coefficient (Wildman–Crippen LogP) is 1.93. The molecule has 0 saturated heterocycles. The maximum absolute atomic E-state index is 12.3. The SMILES string of the molecule is Cc1nc(C)c(C(=O)NC(C)(CO)c2ccccc2)o1. The molecule has 0 spiro atoms. The quantitative estimate of drug-likeness (QED) is 0.893. The number of nitrogens with one attached hydrogen (secondary N) is 1. The summed E-state index contributed by atoms with van der Waals surface area (Å²) in [5.74, 6) is 0.236. The number of hydrogen-bond acceptors (Lipinski definition) is 4. The molecule has 0 aliphatic carbocycles. The number of oxazole rings is 1. The lowest BCUT2D eigenvalue weighted by atomic mass is 9.93. The van der Waals surface area contributed by atoms with Crippen LogP contribution in [0.15, 0.2) is 34.7 Å². The molecule has 1 atom stereocenters. The topological polar surface area (TPSA) is 75.4 Å². The number of hydrogen-bond donors (Lipinski definition) is 2. The van der Waals surface area contributed by atoms with Crippen molar-refractivity contribution in [3.05, 3.63) is 53.2 Å². The normalized spacial score (nSPS) is 13.8. The zero-order valence-electron chi connectivity index (χ0n) is 11.8. The second-order valence-electron chi connectivity index (χ2n) is 4.96. The van der Waals surface area contributed by atoms with Crippen LogP contribution in [-0.4, -0.2) is 22.6 Å². The number of amides is 1. The molecule has 0 saturated carbocycles. The minimum Gasteiger partial charge on any atom is -0.436 e. The van der Waals surface area contributed by atoms with Crippen LogP contribution in [0.2, 0.25) is 0 Å². The number of aliphatic hydroxyl groups excluding tert-OH is 1. The van der Waals surface area contributed by atoms with Crippen LogP contribution in [0.4, 0.5) is 0 Å². The van der Waals surface area contributed by atoms with Crippen LogP contribution >= 0.6 is 0 Å². The molecule has 5 nitrogen and oxygen atoms in total. The van der Waals surface area contributed by atoms with Gasteiger partial charge in [0.25, 0.3) is 5.91 Å². The van der Waals surface area contributed by atoms with Gasteiger partial charge in [0.1, 0.15) is 0 Å². The van der Waals surface area contributed by atoms with Gasteiger partial charge in [0.2, 0.25) is 5.76 Å². The van der Waals surface area contributed by atoms with Crippen LogP contribution in [0.3, 0.4) is 0 Å². The lowest BCUT2D eigenvalue weighted by molar-refractivity contribution is 0.0819. The molecule has 2 N–H and O–H groups in total. The van der Waals surface area contributed by atoms with Crippen molar-refractivity contribution in [2.24, 2.45) is 0 Å². The fourth-order valence-corrected chi connectivity index (χ4v) is 2.06. The molecule has 0 fully saturated rings. The smallest absolute Gasteiger partial charge is 0.289 e. The largest absolute Gasteiger partial charge is 0.436 e. The Labute approximate surface area is 117 Å². The number of aliphatic hydroxyl groups is 1. The summed E-state index contributed by atoms with van der Waals surface area (Å²) in [6.07, 6.45) is 0. The van der Waals surface area contributed by atoms with Crippen molar-refractivity contribution in [2.45, 2.75) is 26.3 Å². The van der Waals surface area contributed by atoms with Gasteiger partial charge in [0, 0.05) is 6.92 Å². The van der Waals surface area contributed by atoms with Crippen molar-refractivity contribution < 1.29 is 14.3 Å². The van der Waals surface area contributed by atoms with Gasteiger partial charge < -0.3 is 14.8 Å². The molecular weight excluding hydrogens is 256 g/mol. The van der Waals surface area contributed by atoms with Gasteiger partial charge in [-0.2, -0.15) is 0 Å². The zero-order chi connectivity index (χ0) is 14.8. The van der Waals surface area contributed by atoms with E-state index in [0.717, 1.165) is 5.56 Å². The average molecular weight is 274 g/mol. The Balaban J connectivity index is 2.26. The van der Waals surface area contributed by atoms with Gasteiger partial charge in [-0.1, -0.05) is 30.3 Å². The average Bonchev–Trinajstić information content (AvgIpc) is 2.78. The first-order valence-corrected chi connectivity index (χ1v) is 6.39. The third-order valence-corrected chi connectivity index (χ3v) is 3.23. The Hall–Kier alpha value is -2.14. The van der Waals surface area contributed by atoms with Crippen LogP contribution in [0.5, 0.6) is 0 Å². The molecule has 0 aliphatic heterocycles. The van der Waals surface area contributed by atoms with Gasteiger partial charge >= 0.3 is 0 Å². The van der Waals surface area contributed by atoms with Crippen molar-refractivity contribution in [1.82, 2.24) is 10.3 Å². The molecule has 0 radical (unpaired) electrons. The summed E-state index contributed by atoms with van der Waals surface area (Å²) in [7, 11) is 0. The minimum absolute atomic E-state index is 0.179. The molecule has 1 aromatic heterocycles. The van der Waals surface area contributed by atoms with E-state index in [0.29, 0.717) is 11.6 Å². The molecule has 2 rings (SSSR count). The van der Waals surface area contributed by atoms with E-state index in [2.05, 4.69) is 10.3 Å².